The zero-order valence-corrected chi connectivity index (χ0v) is 15.7. The first kappa shape index (κ1) is 17.4. The second kappa shape index (κ2) is 8.10. The molecule has 5 nitrogen and oxygen atoms in total. The first-order valence-corrected chi connectivity index (χ1v) is 9.69. The zero-order valence-electron chi connectivity index (χ0n) is 14.8. The summed E-state index contributed by atoms with van der Waals surface area (Å²) < 4.78 is 0. The summed E-state index contributed by atoms with van der Waals surface area (Å²) in [5.41, 5.74) is 0.973. The number of hydrogen-bond acceptors (Lipinski definition) is 4. The Morgan fingerprint density at radius 3 is 2.71 bits per heavy atom. The van der Waals surface area contributed by atoms with Crippen molar-refractivity contribution < 1.29 is 0 Å². The van der Waals surface area contributed by atoms with Gasteiger partial charge in [-0.2, -0.15) is 4.98 Å². The second-order valence-electron chi connectivity index (χ2n) is 7.32. The molecule has 0 radical (unpaired) electrons. The number of aromatic nitrogens is 2. The molecule has 2 N–H and O–H groups in total. The molecule has 2 heterocycles. The van der Waals surface area contributed by atoms with Crippen molar-refractivity contribution in [2.75, 3.05) is 23.3 Å². The van der Waals surface area contributed by atoms with Gasteiger partial charge in [-0.1, -0.05) is 26.2 Å². The van der Waals surface area contributed by atoms with E-state index in [1.54, 1.807) is 0 Å². The largest absolute Gasteiger partial charge is 0.360 e. The van der Waals surface area contributed by atoms with Crippen LogP contribution in [0, 0.1) is 12.8 Å². The van der Waals surface area contributed by atoms with E-state index in [0.717, 1.165) is 30.5 Å². The number of aryl methyl sites for hydroxylation is 1. The van der Waals surface area contributed by atoms with E-state index in [9.17, 15) is 0 Å². The van der Waals surface area contributed by atoms with Crippen LogP contribution in [0.4, 0.5) is 11.8 Å². The third kappa shape index (κ3) is 4.79. The normalized spacial score (nSPS) is 22.2. The van der Waals surface area contributed by atoms with Gasteiger partial charge >= 0.3 is 0 Å². The van der Waals surface area contributed by atoms with Gasteiger partial charge in [0.05, 0.1) is 0 Å². The van der Waals surface area contributed by atoms with Crippen LogP contribution in [0.15, 0.2) is 6.07 Å². The van der Waals surface area contributed by atoms with Crippen LogP contribution < -0.4 is 15.5 Å². The van der Waals surface area contributed by atoms with Crippen LogP contribution in [0.1, 0.15) is 57.6 Å². The summed E-state index contributed by atoms with van der Waals surface area (Å²) in [7, 11) is 0. The molecule has 1 atom stereocenters. The van der Waals surface area contributed by atoms with Gasteiger partial charge in [0.2, 0.25) is 5.95 Å². The van der Waals surface area contributed by atoms with E-state index >= 15 is 0 Å². The Morgan fingerprint density at radius 2 is 1.96 bits per heavy atom. The van der Waals surface area contributed by atoms with E-state index in [4.69, 9.17) is 17.2 Å². The number of thiocarbonyl (C=S) groups is 1. The summed E-state index contributed by atoms with van der Waals surface area (Å²) in [4.78, 5) is 11.6. The highest BCUT2D eigenvalue weighted by Gasteiger charge is 2.19. The van der Waals surface area contributed by atoms with Gasteiger partial charge in [0.15, 0.2) is 5.11 Å². The van der Waals surface area contributed by atoms with Gasteiger partial charge in [0.25, 0.3) is 0 Å². The minimum absolute atomic E-state index is 0.492. The molecule has 1 aliphatic carbocycles. The predicted octanol–water partition coefficient (Wildman–Crippen LogP) is 3.64. The van der Waals surface area contributed by atoms with E-state index in [1.807, 2.05) is 6.92 Å². The van der Waals surface area contributed by atoms with Crippen molar-refractivity contribution in [3.8, 4) is 0 Å². The number of nitrogens with one attached hydrogen (secondary N) is 2. The number of piperidine rings is 1. The number of rotatable bonds is 3. The molecule has 24 heavy (non-hydrogen) atoms. The molecule has 0 aromatic carbocycles. The number of hydrogen-bond donors (Lipinski definition) is 2. The van der Waals surface area contributed by atoms with Crippen LogP contribution in [0.5, 0.6) is 0 Å². The number of anilines is 2. The maximum absolute atomic E-state index is 5.46. The molecule has 1 aromatic rings. The fourth-order valence-corrected chi connectivity index (χ4v) is 4.00. The third-order valence-corrected chi connectivity index (χ3v) is 5.21. The van der Waals surface area contributed by atoms with Crippen molar-refractivity contribution in [1.82, 2.24) is 15.3 Å². The molecule has 6 heteroatoms. The smallest absolute Gasteiger partial charge is 0.231 e. The van der Waals surface area contributed by atoms with Gasteiger partial charge < -0.3 is 15.5 Å². The van der Waals surface area contributed by atoms with Gasteiger partial charge in [-0.05, 0) is 50.7 Å². The van der Waals surface area contributed by atoms with Gasteiger partial charge in [0, 0.05) is 30.9 Å². The van der Waals surface area contributed by atoms with Gasteiger partial charge in [-0.15, -0.1) is 0 Å². The monoisotopic (exact) mass is 347 g/mol. The van der Waals surface area contributed by atoms with E-state index in [1.165, 1.54) is 44.9 Å². The Kier molecular flexibility index (Phi) is 5.87. The van der Waals surface area contributed by atoms with E-state index in [-0.39, 0.29) is 0 Å². The molecule has 1 aromatic heterocycles. The molecule has 3 rings (SSSR count). The SMILES string of the molecule is Cc1cc(N2CCC[C@@H](C)C2)nc(NC(=S)NC2CCCCC2)n1. The third-order valence-electron chi connectivity index (χ3n) is 4.99. The maximum Gasteiger partial charge on any atom is 0.231 e. The standard InChI is InChI=1S/C18H29N5S/c1-13-7-6-10-23(12-13)16-11-14(2)19-17(21-16)22-18(24)20-15-8-4-3-5-9-15/h11,13,15H,3-10,12H2,1-2H3,(H2,19,20,21,22,24)/t13-/m1/s1. The summed E-state index contributed by atoms with van der Waals surface area (Å²) in [5.74, 6) is 2.34. The summed E-state index contributed by atoms with van der Waals surface area (Å²) >= 11 is 5.46. The molecule has 0 unspecified atom stereocenters. The Morgan fingerprint density at radius 1 is 1.17 bits per heavy atom. The first-order chi connectivity index (χ1) is 11.6. The minimum Gasteiger partial charge on any atom is -0.360 e. The summed E-state index contributed by atoms with van der Waals surface area (Å²) in [5, 5.41) is 7.26. The van der Waals surface area contributed by atoms with Gasteiger partial charge in [-0.25, -0.2) is 4.98 Å². The lowest BCUT2D eigenvalue weighted by molar-refractivity contribution is 0.414. The molecule has 1 saturated heterocycles. The van der Waals surface area contributed by atoms with Crippen molar-refractivity contribution in [3.63, 3.8) is 0 Å². The van der Waals surface area contributed by atoms with E-state index < -0.39 is 0 Å². The molecule has 1 saturated carbocycles. The van der Waals surface area contributed by atoms with Crippen molar-refractivity contribution >= 4 is 29.1 Å². The molecule has 0 amide bonds. The zero-order chi connectivity index (χ0) is 16.9. The Hall–Kier alpha value is -1.43. The quantitative estimate of drug-likeness (QED) is 0.814. The Labute approximate surface area is 150 Å². The van der Waals surface area contributed by atoms with Crippen LogP contribution in [0.25, 0.3) is 0 Å². The highest BCUT2D eigenvalue weighted by molar-refractivity contribution is 7.80. The van der Waals surface area contributed by atoms with Gasteiger partial charge in [-0.3, -0.25) is 0 Å². The fraction of sp³-hybridized carbons (Fsp3) is 0.722. The molecule has 2 fully saturated rings. The van der Waals surface area contributed by atoms with Crippen molar-refractivity contribution in [2.45, 2.75) is 64.8 Å². The average molecular weight is 348 g/mol. The Bertz CT molecular complexity index is 571. The van der Waals surface area contributed by atoms with E-state index in [0.29, 0.717) is 17.1 Å². The summed E-state index contributed by atoms with van der Waals surface area (Å²) in [6.45, 7) is 6.47. The highest BCUT2D eigenvalue weighted by atomic mass is 32.1. The number of nitrogens with zero attached hydrogens (tertiary/aromatic N) is 3. The summed E-state index contributed by atoms with van der Waals surface area (Å²) in [6, 6.07) is 2.56. The molecule has 2 aliphatic rings. The molecule has 1 aliphatic heterocycles. The van der Waals surface area contributed by atoms with Crippen molar-refractivity contribution in [3.05, 3.63) is 11.8 Å². The van der Waals surface area contributed by atoms with E-state index in [2.05, 4.69) is 33.5 Å². The maximum atomic E-state index is 5.46. The topological polar surface area (TPSA) is 53.1 Å². The first-order valence-electron chi connectivity index (χ1n) is 9.28. The Balaban J connectivity index is 1.63. The van der Waals surface area contributed by atoms with Gasteiger partial charge in [0.1, 0.15) is 5.82 Å². The van der Waals surface area contributed by atoms with Crippen LogP contribution in [0.2, 0.25) is 0 Å². The average Bonchev–Trinajstić information content (AvgIpc) is 2.55. The second-order valence-corrected chi connectivity index (χ2v) is 7.73. The minimum atomic E-state index is 0.492. The molecule has 0 spiro atoms. The molecule has 132 valence electrons. The van der Waals surface area contributed by atoms with Crippen LogP contribution in [0.3, 0.4) is 0 Å². The van der Waals surface area contributed by atoms with Crippen molar-refractivity contribution in [2.24, 2.45) is 5.92 Å². The molecular weight excluding hydrogens is 318 g/mol. The lowest BCUT2D eigenvalue weighted by atomic mass is 9.96. The predicted molar refractivity (Wildman–Crippen MR) is 104 cm³/mol. The van der Waals surface area contributed by atoms with Crippen LogP contribution >= 0.6 is 12.2 Å². The molecular formula is C18H29N5S. The summed E-state index contributed by atoms with van der Waals surface area (Å²) in [6.07, 6.45) is 8.87. The highest BCUT2D eigenvalue weighted by Crippen LogP contribution is 2.23. The van der Waals surface area contributed by atoms with Crippen molar-refractivity contribution in [1.29, 1.82) is 0 Å². The van der Waals surface area contributed by atoms with Crippen LogP contribution in [-0.2, 0) is 0 Å². The fourth-order valence-electron chi connectivity index (χ4n) is 3.74. The molecule has 0 bridgehead atoms. The lowest BCUT2D eigenvalue weighted by Crippen LogP contribution is -2.39. The lowest BCUT2D eigenvalue weighted by Gasteiger charge is -2.32. The van der Waals surface area contributed by atoms with Crippen LogP contribution in [-0.4, -0.2) is 34.2 Å².